The number of nitrogens with zero attached hydrogens (tertiary/aromatic N) is 5. The van der Waals surface area contributed by atoms with Crippen LogP contribution in [-0.2, 0) is 0 Å². The third-order valence-electron chi connectivity index (χ3n) is 4.98. The van der Waals surface area contributed by atoms with Crippen molar-refractivity contribution in [2.24, 2.45) is 0 Å². The standard InChI is InChI=1S/C22H18N6/c1-14(15-7-8-19-16(12-15)5-3-11-24-19)22-26-25-21-10-9-20(27-28(21)22)17-4-2-6-18(23)13-17/h2-14H,23H2,1H3/t14-/m0/s1. The van der Waals surface area contributed by atoms with E-state index in [1.807, 2.05) is 53.0 Å². The Balaban J connectivity index is 1.60. The molecule has 0 aliphatic rings. The number of nitrogens with two attached hydrogens (primary N) is 1. The minimum Gasteiger partial charge on any atom is -0.399 e. The van der Waals surface area contributed by atoms with Crippen LogP contribution in [0, 0.1) is 0 Å². The van der Waals surface area contributed by atoms with Gasteiger partial charge in [-0.05, 0) is 48.0 Å². The molecule has 3 aromatic heterocycles. The molecule has 0 unspecified atom stereocenters. The maximum absolute atomic E-state index is 5.92. The molecular weight excluding hydrogens is 348 g/mol. The fraction of sp³-hybridized carbons (Fsp3) is 0.0909. The van der Waals surface area contributed by atoms with Gasteiger partial charge in [-0.1, -0.05) is 31.2 Å². The molecule has 2 aromatic carbocycles. The van der Waals surface area contributed by atoms with E-state index in [1.165, 1.54) is 0 Å². The molecular formula is C22H18N6. The number of fused-ring (bicyclic) bond motifs is 2. The third-order valence-corrected chi connectivity index (χ3v) is 4.98. The van der Waals surface area contributed by atoms with Gasteiger partial charge in [0, 0.05) is 28.8 Å². The van der Waals surface area contributed by atoms with Gasteiger partial charge in [0.15, 0.2) is 11.5 Å². The second-order valence-electron chi connectivity index (χ2n) is 6.85. The SMILES string of the molecule is C[C@@H](c1ccc2ncccc2c1)c1nnc2ccc(-c3cccc(N)c3)nn12. The fourth-order valence-corrected chi connectivity index (χ4v) is 3.44. The summed E-state index contributed by atoms with van der Waals surface area (Å²) in [6.45, 7) is 2.11. The van der Waals surface area contributed by atoms with Gasteiger partial charge in [0.05, 0.1) is 11.2 Å². The zero-order valence-corrected chi connectivity index (χ0v) is 15.3. The first-order chi connectivity index (χ1) is 13.7. The lowest BCUT2D eigenvalue weighted by atomic mass is 9.98. The van der Waals surface area contributed by atoms with Gasteiger partial charge in [-0.3, -0.25) is 4.98 Å². The van der Waals surface area contributed by atoms with Crippen LogP contribution in [0.1, 0.15) is 24.2 Å². The van der Waals surface area contributed by atoms with E-state index in [0.29, 0.717) is 5.69 Å². The van der Waals surface area contributed by atoms with Crippen molar-refractivity contribution in [1.82, 2.24) is 24.8 Å². The molecule has 6 heteroatoms. The van der Waals surface area contributed by atoms with Gasteiger partial charge in [-0.25, -0.2) is 0 Å². The van der Waals surface area contributed by atoms with Gasteiger partial charge >= 0.3 is 0 Å². The lowest BCUT2D eigenvalue weighted by Crippen LogP contribution is -2.06. The summed E-state index contributed by atoms with van der Waals surface area (Å²) >= 11 is 0. The van der Waals surface area contributed by atoms with Crippen LogP contribution in [0.5, 0.6) is 0 Å². The summed E-state index contributed by atoms with van der Waals surface area (Å²) in [5, 5.41) is 14.6. The smallest absolute Gasteiger partial charge is 0.177 e. The average Bonchev–Trinajstić information content (AvgIpc) is 3.16. The summed E-state index contributed by atoms with van der Waals surface area (Å²) in [6.07, 6.45) is 1.80. The largest absolute Gasteiger partial charge is 0.399 e. The van der Waals surface area contributed by atoms with Crippen LogP contribution in [0.15, 0.2) is 72.9 Å². The van der Waals surface area contributed by atoms with Crippen molar-refractivity contribution in [3.05, 3.63) is 84.3 Å². The van der Waals surface area contributed by atoms with Crippen molar-refractivity contribution < 1.29 is 0 Å². The maximum atomic E-state index is 5.92. The van der Waals surface area contributed by atoms with Crippen molar-refractivity contribution in [2.45, 2.75) is 12.8 Å². The number of pyridine rings is 1. The molecule has 28 heavy (non-hydrogen) atoms. The second kappa shape index (κ2) is 6.42. The highest BCUT2D eigenvalue weighted by molar-refractivity contribution is 5.79. The predicted octanol–water partition coefficient (Wildman–Crippen LogP) is 4.07. The van der Waals surface area contributed by atoms with Crippen molar-refractivity contribution in [3.63, 3.8) is 0 Å². The molecule has 5 rings (SSSR count). The zero-order valence-electron chi connectivity index (χ0n) is 15.3. The van der Waals surface area contributed by atoms with E-state index in [1.54, 1.807) is 6.20 Å². The number of rotatable bonds is 3. The Morgan fingerprint density at radius 1 is 0.929 bits per heavy atom. The topological polar surface area (TPSA) is 82.0 Å². The highest BCUT2D eigenvalue weighted by atomic mass is 15.4. The van der Waals surface area contributed by atoms with Gasteiger partial charge in [0.25, 0.3) is 0 Å². The first-order valence-electron chi connectivity index (χ1n) is 9.12. The maximum Gasteiger partial charge on any atom is 0.177 e. The van der Waals surface area contributed by atoms with Crippen LogP contribution in [0.25, 0.3) is 27.8 Å². The van der Waals surface area contributed by atoms with Crippen molar-refractivity contribution in [2.75, 3.05) is 5.73 Å². The summed E-state index contributed by atoms with van der Waals surface area (Å²) in [7, 11) is 0. The molecule has 136 valence electrons. The summed E-state index contributed by atoms with van der Waals surface area (Å²) in [5.41, 5.74) is 11.3. The van der Waals surface area contributed by atoms with Crippen LogP contribution in [0.2, 0.25) is 0 Å². The van der Waals surface area contributed by atoms with E-state index < -0.39 is 0 Å². The highest BCUT2D eigenvalue weighted by Gasteiger charge is 2.17. The number of aromatic nitrogens is 5. The Hall–Kier alpha value is -3.80. The van der Waals surface area contributed by atoms with Crippen LogP contribution >= 0.6 is 0 Å². The molecule has 0 radical (unpaired) electrons. The molecule has 5 aromatic rings. The van der Waals surface area contributed by atoms with E-state index in [0.717, 1.165) is 39.2 Å². The molecule has 0 saturated carbocycles. The molecule has 0 aliphatic heterocycles. The minimum absolute atomic E-state index is 0.0307. The van der Waals surface area contributed by atoms with E-state index >= 15 is 0 Å². The van der Waals surface area contributed by atoms with Gasteiger partial charge in [-0.15, -0.1) is 10.2 Å². The molecule has 0 amide bonds. The Kier molecular flexibility index (Phi) is 3.76. The highest BCUT2D eigenvalue weighted by Crippen LogP contribution is 2.26. The van der Waals surface area contributed by atoms with Gasteiger partial charge in [0.1, 0.15) is 0 Å². The Bertz CT molecular complexity index is 1310. The molecule has 0 bridgehead atoms. The molecule has 2 N–H and O–H groups in total. The number of hydrogen-bond donors (Lipinski definition) is 1. The summed E-state index contributed by atoms with van der Waals surface area (Å²) < 4.78 is 1.82. The van der Waals surface area contributed by atoms with E-state index in [-0.39, 0.29) is 5.92 Å². The quantitative estimate of drug-likeness (QED) is 0.487. The summed E-state index contributed by atoms with van der Waals surface area (Å²) in [6, 6.07) is 21.9. The van der Waals surface area contributed by atoms with Crippen molar-refractivity contribution >= 4 is 22.2 Å². The summed E-state index contributed by atoms with van der Waals surface area (Å²) in [5.74, 6) is 0.826. The molecule has 1 atom stereocenters. The molecule has 0 aliphatic carbocycles. The predicted molar refractivity (Wildman–Crippen MR) is 110 cm³/mol. The van der Waals surface area contributed by atoms with E-state index in [2.05, 4.69) is 40.3 Å². The van der Waals surface area contributed by atoms with Crippen LogP contribution < -0.4 is 5.73 Å². The zero-order chi connectivity index (χ0) is 19.1. The summed E-state index contributed by atoms with van der Waals surface area (Å²) in [4.78, 5) is 4.39. The third kappa shape index (κ3) is 2.75. The van der Waals surface area contributed by atoms with Gasteiger partial charge < -0.3 is 5.73 Å². The second-order valence-corrected chi connectivity index (χ2v) is 6.85. The Morgan fingerprint density at radius 3 is 2.75 bits per heavy atom. The fourth-order valence-electron chi connectivity index (χ4n) is 3.44. The van der Waals surface area contributed by atoms with Crippen LogP contribution in [0.4, 0.5) is 5.69 Å². The van der Waals surface area contributed by atoms with Crippen LogP contribution in [-0.4, -0.2) is 24.8 Å². The molecule has 3 heterocycles. The van der Waals surface area contributed by atoms with Crippen LogP contribution in [0.3, 0.4) is 0 Å². The number of anilines is 1. The number of hydrogen-bond acceptors (Lipinski definition) is 5. The normalized spacial score (nSPS) is 12.5. The lowest BCUT2D eigenvalue weighted by molar-refractivity contribution is 0.753. The van der Waals surface area contributed by atoms with Crippen molar-refractivity contribution in [3.8, 4) is 11.3 Å². The monoisotopic (exact) mass is 366 g/mol. The van der Waals surface area contributed by atoms with E-state index in [9.17, 15) is 0 Å². The lowest BCUT2D eigenvalue weighted by Gasteiger charge is -2.11. The van der Waals surface area contributed by atoms with Crippen molar-refractivity contribution in [1.29, 1.82) is 0 Å². The Morgan fingerprint density at radius 2 is 1.86 bits per heavy atom. The van der Waals surface area contributed by atoms with Gasteiger partial charge in [-0.2, -0.15) is 9.61 Å². The number of nitrogen functional groups attached to an aromatic ring is 1. The van der Waals surface area contributed by atoms with E-state index in [4.69, 9.17) is 10.8 Å². The Labute approximate surface area is 161 Å². The molecule has 0 spiro atoms. The minimum atomic E-state index is 0.0307. The molecule has 0 saturated heterocycles. The average molecular weight is 366 g/mol. The first-order valence-corrected chi connectivity index (χ1v) is 9.12. The first kappa shape index (κ1) is 16.4. The molecule has 0 fully saturated rings. The number of benzene rings is 2. The van der Waals surface area contributed by atoms with Gasteiger partial charge in [0.2, 0.25) is 0 Å². The molecule has 6 nitrogen and oxygen atoms in total.